The van der Waals surface area contributed by atoms with E-state index in [0.29, 0.717) is 23.6 Å². The van der Waals surface area contributed by atoms with Crippen molar-refractivity contribution in [3.63, 3.8) is 0 Å². The van der Waals surface area contributed by atoms with Gasteiger partial charge in [-0.2, -0.15) is 0 Å². The summed E-state index contributed by atoms with van der Waals surface area (Å²) < 4.78 is 0. The minimum absolute atomic E-state index is 0.0291. The zero-order chi connectivity index (χ0) is 25.1. The van der Waals surface area contributed by atoms with Gasteiger partial charge in [-0.1, -0.05) is 48.0 Å². The topological polar surface area (TPSA) is 69.7 Å². The number of carbonyl (C=O) groups excluding carboxylic acids is 3. The molecular formula is C28H30ClN3O3. The van der Waals surface area contributed by atoms with Gasteiger partial charge < -0.3 is 15.1 Å². The molecule has 6 nitrogen and oxygen atoms in total. The van der Waals surface area contributed by atoms with Crippen LogP contribution in [0.3, 0.4) is 0 Å². The molecule has 1 N–H and O–H groups in total. The van der Waals surface area contributed by atoms with Crippen LogP contribution < -0.4 is 10.2 Å². The van der Waals surface area contributed by atoms with Crippen LogP contribution in [0, 0.1) is 0 Å². The normalized spacial score (nSPS) is 13.4. The summed E-state index contributed by atoms with van der Waals surface area (Å²) in [6.07, 6.45) is 0.704. The molecule has 3 aromatic rings. The minimum Gasteiger partial charge on any atom is -0.352 e. The first kappa shape index (κ1) is 24.7. The molecule has 0 bridgehead atoms. The lowest BCUT2D eigenvalue weighted by Crippen LogP contribution is -2.49. The lowest BCUT2D eigenvalue weighted by atomic mass is 10.1. The van der Waals surface area contributed by atoms with Gasteiger partial charge in [0.1, 0.15) is 6.04 Å². The Morgan fingerprint density at radius 2 is 1.74 bits per heavy atom. The second kappa shape index (κ2) is 10.5. The van der Waals surface area contributed by atoms with Gasteiger partial charge in [0.2, 0.25) is 11.8 Å². The van der Waals surface area contributed by atoms with Crippen LogP contribution >= 0.6 is 11.6 Å². The summed E-state index contributed by atoms with van der Waals surface area (Å²) in [4.78, 5) is 42.4. The largest absolute Gasteiger partial charge is 0.352 e. The number of nitrogens with one attached hydrogen (secondary N) is 1. The highest BCUT2D eigenvalue weighted by Gasteiger charge is 2.30. The van der Waals surface area contributed by atoms with Crippen LogP contribution in [0.25, 0.3) is 10.8 Å². The summed E-state index contributed by atoms with van der Waals surface area (Å²) in [7, 11) is 0. The van der Waals surface area contributed by atoms with E-state index in [-0.39, 0.29) is 36.7 Å². The second-order valence-corrected chi connectivity index (χ2v) is 9.67. The number of amides is 3. The molecule has 0 unspecified atom stereocenters. The summed E-state index contributed by atoms with van der Waals surface area (Å²) in [5.41, 5.74) is 2.44. The average molecular weight is 492 g/mol. The second-order valence-electron chi connectivity index (χ2n) is 9.23. The predicted molar refractivity (Wildman–Crippen MR) is 140 cm³/mol. The van der Waals surface area contributed by atoms with Gasteiger partial charge in [-0.15, -0.1) is 0 Å². The molecule has 0 aliphatic carbocycles. The molecule has 3 aromatic carbocycles. The highest BCUT2D eigenvalue weighted by molar-refractivity contribution is 6.30. The number of rotatable bonds is 9. The van der Waals surface area contributed by atoms with Crippen LogP contribution in [0.1, 0.15) is 49.5 Å². The molecule has 0 aromatic heterocycles. The first-order valence-electron chi connectivity index (χ1n) is 11.9. The van der Waals surface area contributed by atoms with Crippen molar-refractivity contribution in [1.29, 1.82) is 0 Å². The first-order chi connectivity index (χ1) is 16.8. The molecule has 35 heavy (non-hydrogen) atoms. The van der Waals surface area contributed by atoms with Gasteiger partial charge in [-0.05, 0) is 62.4 Å². The third kappa shape index (κ3) is 5.33. The monoisotopic (exact) mass is 491 g/mol. The lowest BCUT2D eigenvalue weighted by molar-refractivity contribution is -0.140. The van der Waals surface area contributed by atoms with Crippen LogP contribution in [-0.4, -0.2) is 41.2 Å². The summed E-state index contributed by atoms with van der Waals surface area (Å²) in [6.45, 7) is 6.22. The Balaban J connectivity index is 1.46. The number of carbonyl (C=O) groups is 3. The highest BCUT2D eigenvalue weighted by Crippen LogP contribution is 2.37. The van der Waals surface area contributed by atoms with Crippen molar-refractivity contribution in [1.82, 2.24) is 10.2 Å². The van der Waals surface area contributed by atoms with E-state index < -0.39 is 6.04 Å². The van der Waals surface area contributed by atoms with E-state index in [1.165, 1.54) is 0 Å². The number of hydrogen-bond donors (Lipinski definition) is 1. The summed E-state index contributed by atoms with van der Waals surface area (Å²) in [5, 5.41) is 5.47. The molecule has 0 saturated heterocycles. The van der Waals surface area contributed by atoms with Crippen LogP contribution in [0.15, 0.2) is 60.7 Å². The molecule has 0 radical (unpaired) electrons. The van der Waals surface area contributed by atoms with Crippen molar-refractivity contribution < 1.29 is 14.4 Å². The van der Waals surface area contributed by atoms with E-state index in [1.54, 1.807) is 28.9 Å². The quantitative estimate of drug-likeness (QED) is 0.448. The fourth-order valence-electron chi connectivity index (χ4n) is 4.55. The molecule has 0 fully saturated rings. The van der Waals surface area contributed by atoms with Crippen molar-refractivity contribution in [2.75, 3.05) is 11.4 Å². The van der Waals surface area contributed by atoms with Crippen molar-refractivity contribution >= 4 is 45.8 Å². The summed E-state index contributed by atoms with van der Waals surface area (Å²) in [6, 6.07) is 18.3. The summed E-state index contributed by atoms with van der Waals surface area (Å²) in [5.74, 6) is -0.379. The van der Waals surface area contributed by atoms with E-state index in [2.05, 4.69) is 5.32 Å². The van der Waals surface area contributed by atoms with Gasteiger partial charge in [-0.25, -0.2) is 0 Å². The fraction of sp³-hybridized carbons (Fsp3) is 0.321. The van der Waals surface area contributed by atoms with Crippen molar-refractivity contribution in [2.45, 2.75) is 52.2 Å². The molecule has 0 spiro atoms. The number of hydrogen-bond acceptors (Lipinski definition) is 3. The Labute approximate surface area is 210 Å². The van der Waals surface area contributed by atoms with Gasteiger partial charge in [0.05, 0.1) is 5.69 Å². The van der Waals surface area contributed by atoms with E-state index in [0.717, 1.165) is 22.0 Å². The molecule has 0 saturated carbocycles. The molecule has 4 rings (SSSR count). The third-order valence-corrected chi connectivity index (χ3v) is 6.50. The van der Waals surface area contributed by atoms with Gasteiger partial charge in [0.15, 0.2) is 0 Å². The van der Waals surface area contributed by atoms with Crippen molar-refractivity contribution in [3.05, 3.63) is 76.8 Å². The van der Waals surface area contributed by atoms with Crippen LogP contribution in [0.4, 0.5) is 5.69 Å². The Hall–Kier alpha value is -3.38. The van der Waals surface area contributed by atoms with Crippen molar-refractivity contribution in [3.8, 4) is 0 Å². The zero-order valence-electron chi connectivity index (χ0n) is 20.3. The SMILES string of the molecule is CC(C)NC(=O)[C@H](C)N(Cc1cccc(Cl)c1)C(=O)CCCN1C(=O)c2cccc3cccc1c23. The number of anilines is 1. The maximum absolute atomic E-state index is 13.3. The van der Waals surface area contributed by atoms with E-state index in [1.807, 2.05) is 62.4 Å². The molecule has 1 aliphatic heterocycles. The van der Waals surface area contributed by atoms with Gasteiger partial charge >= 0.3 is 0 Å². The van der Waals surface area contributed by atoms with Gasteiger partial charge in [0, 0.05) is 41.5 Å². The Morgan fingerprint density at radius 1 is 1.03 bits per heavy atom. The van der Waals surface area contributed by atoms with Gasteiger partial charge in [-0.3, -0.25) is 14.4 Å². The van der Waals surface area contributed by atoms with Crippen LogP contribution in [0.2, 0.25) is 5.02 Å². The summed E-state index contributed by atoms with van der Waals surface area (Å²) >= 11 is 6.14. The number of benzene rings is 3. The standard InChI is InChI=1S/C28H30ClN3O3/c1-18(2)30-27(34)19(3)32(17-20-8-4-11-22(29)16-20)25(33)14-7-15-31-24-13-6-10-21-9-5-12-23(26(21)24)28(31)35/h4-6,8-13,16,18-19H,7,14-15,17H2,1-3H3,(H,30,34)/t19-/m0/s1. The highest BCUT2D eigenvalue weighted by atomic mass is 35.5. The molecule has 3 amide bonds. The Morgan fingerprint density at radius 3 is 2.46 bits per heavy atom. The molecule has 182 valence electrons. The zero-order valence-corrected chi connectivity index (χ0v) is 21.0. The smallest absolute Gasteiger partial charge is 0.258 e. The third-order valence-electron chi connectivity index (χ3n) is 6.26. The van der Waals surface area contributed by atoms with E-state index in [4.69, 9.17) is 11.6 Å². The molecule has 1 aliphatic rings. The van der Waals surface area contributed by atoms with Gasteiger partial charge in [0.25, 0.3) is 5.91 Å². The fourth-order valence-corrected chi connectivity index (χ4v) is 4.77. The molecule has 1 heterocycles. The maximum Gasteiger partial charge on any atom is 0.258 e. The molecular weight excluding hydrogens is 462 g/mol. The van der Waals surface area contributed by atoms with Crippen LogP contribution in [0.5, 0.6) is 0 Å². The molecule has 1 atom stereocenters. The lowest BCUT2D eigenvalue weighted by Gasteiger charge is -2.30. The number of halogens is 1. The van der Waals surface area contributed by atoms with Crippen LogP contribution in [-0.2, 0) is 16.1 Å². The average Bonchev–Trinajstić information content (AvgIpc) is 3.10. The van der Waals surface area contributed by atoms with E-state index in [9.17, 15) is 14.4 Å². The maximum atomic E-state index is 13.3. The minimum atomic E-state index is -0.643. The number of nitrogens with zero attached hydrogens (tertiary/aromatic N) is 2. The van der Waals surface area contributed by atoms with E-state index >= 15 is 0 Å². The Kier molecular flexibility index (Phi) is 7.41. The predicted octanol–water partition coefficient (Wildman–Crippen LogP) is 5.18. The molecule has 7 heteroatoms. The Bertz CT molecular complexity index is 1270. The first-order valence-corrected chi connectivity index (χ1v) is 12.3. The van der Waals surface area contributed by atoms with Crippen molar-refractivity contribution in [2.24, 2.45) is 0 Å².